The number of hydrogen-bond acceptors (Lipinski definition) is 1. The van der Waals surface area contributed by atoms with Crippen LogP contribution in [0.3, 0.4) is 0 Å². The molecule has 1 atom stereocenters. The maximum absolute atomic E-state index is 4.35. The minimum atomic E-state index is 0.507. The van der Waals surface area contributed by atoms with E-state index in [9.17, 15) is 0 Å². The Bertz CT molecular complexity index is 534. The van der Waals surface area contributed by atoms with Crippen LogP contribution in [0.15, 0.2) is 47.9 Å². The highest BCUT2D eigenvalue weighted by Gasteiger charge is 2.25. The van der Waals surface area contributed by atoms with Gasteiger partial charge in [0.1, 0.15) is 0 Å². The predicted molar refractivity (Wildman–Crippen MR) is 76.8 cm³/mol. The van der Waals surface area contributed by atoms with Gasteiger partial charge in [0.2, 0.25) is 0 Å². The molecular weight excluding hydrogens is 224 g/mol. The third kappa shape index (κ3) is 1.89. The van der Waals surface area contributed by atoms with Gasteiger partial charge in [-0.3, -0.25) is 0 Å². The second-order valence-corrected chi connectivity index (χ2v) is 5.81. The molecule has 0 aromatic heterocycles. The summed E-state index contributed by atoms with van der Waals surface area (Å²) in [6.45, 7) is 6.51. The number of rotatable bonds is 0. The lowest BCUT2D eigenvalue weighted by atomic mass is 9.86. The number of aryl methyl sites for hydroxylation is 1. The van der Waals surface area contributed by atoms with Gasteiger partial charge >= 0.3 is 0 Å². The van der Waals surface area contributed by atoms with E-state index in [-0.39, 0.29) is 0 Å². The first kappa shape index (κ1) is 10.9. The van der Waals surface area contributed by atoms with Crippen LogP contribution in [-0.2, 0) is 5.75 Å². The molecule has 2 aliphatic rings. The Kier molecular flexibility index (Phi) is 2.71. The van der Waals surface area contributed by atoms with Gasteiger partial charge in [-0.25, -0.2) is 0 Å². The van der Waals surface area contributed by atoms with E-state index in [0.717, 1.165) is 12.2 Å². The van der Waals surface area contributed by atoms with E-state index in [1.807, 2.05) is 11.8 Å². The van der Waals surface area contributed by atoms with Gasteiger partial charge in [-0.15, -0.1) is 11.8 Å². The molecule has 1 aromatic carbocycles. The van der Waals surface area contributed by atoms with E-state index in [4.69, 9.17) is 0 Å². The van der Waals surface area contributed by atoms with Crippen molar-refractivity contribution < 1.29 is 0 Å². The molecule has 1 aliphatic carbocycles. The van der Waals surface area contributed by atoms with Crippen LogP contribution in [-0.4, -0.2) is 0 Å². The molecule has 1 aromatic rings. The highest BCUT2D eigenvalue weighted by atomic mass is 32.2. The van der Waals surface area contributed by atoms with Crippen LogP contribution in [0.5, 0.6) is 0 Å². The van der Waals surface area contributed by atoms with Crippen LogP contribution >= 0.6 is 11.8 Å². The molecule has 1 aliphatic heterocycles. The summed E-state index contributed by atoms with van der Waals surface area (Å²) in [5.74, 6) is 1.58. The summed E-state index contributed by atoms with van der Waals surface area (Å²) < 4.78 is 0. The largest absolute Gasteiger partial charge is 0.125 e. The molecule has 1 unspecified atom stereocenters. The van der Waals surface area contributed by atoms with Crippen molar-refractivity contribution in [3.05, 3.63) is 64.6 Å². The SMILES string of the molecule is C=C1c2cc(C)ccc2CSC2=CC=CCC12. The summed E-state index contributed by atoms with van der Waals surface area (Å²) in [5.41, 5.74) is 5.43. The monoisotopic (exact) mass is 240 g/mol. The van der Waals surface area contributed by atoms with Gasteiger partial charge in [-0.05, 0) is 34.9 Å². The zero-order valence-electron chi connectivity index (χ0n) is 10.1. The number of hydrogen-bond donors (Lipinski definition) is 0. The Balaban J connectivity index is 2.09. The Morgan fingerprint density at radius 1 is 1.35 bits per heavy atom. The molecule has 0 nitrogen and oxygen atoms in total. The quantitative estimate of drug-likeness (QED) is 0.632. The molecular formula is C16H16S. The molecule has 1 heteroatoms. The fourth-order valence-corrected chi connectivity index (χ4v) is 3.72. The summed E-state index contributed by atoms with van der Waals surface area (Å²) in [5, 5.41) is 0. The van der Waals surface area contributed by atoms with Crippen LogP contribution in [0, 0.1) is 12.8 Å². The van der Waals surface area contributed by atoms with Crippen molar-refractivity contribution in [2.45, 2.75) is 19.1 Å². The Hall–Kier alpha value is -1.21. The number of allylic oxidation sites excluding steroid dienone is 5. The predicted octanol–water partition coefficient (Wildman–Crippen LogP) is 4.72. The van der Waals surface area contributed by atoms with E-state index < -0.39 is 0 Å². The second kappa shape index (κ2) is 4.23. The average molecular weight is 240 g/mol. The molecule has 1 heterocycles. The minimum absolute atomic E-state index is 0.507. The lowest BCUT2D eigenvalue weighted by Crippen LogP contribution is -2.04. The van der Waals surface area contributed by atoms with E-state index in [1.54, 1.807) is 0 Å². The zero-order valence-corrected chi connectivity index (χ0v) is 10.9. The number of fused-ring (bicyclic) bond motifs is 2. The molecule has 0 radical (unpaired) electrons. The van der Waals surface area contributed by atoms with E-state index in [2.05, 4.69) is 49.9 Å². The number of thioether (sulfide) groups is 1. The summed E-state index contributed by atoms with van der Waals surface area (Å²) in [7, 11) is 0. The molecule has 0 saturated heterocycles. The lowest BCUT2D eigenvalue weighted by molar-refractivity contribution is 0.833. The maximum atomic E-state index is 4.35. The second-order valence-electron chi connectivity index (χ2n) is 4.76. The highest BCUT2D eigenvalue weighted by molar-refractivity contribution is 8.02. The van der Waals surface area contributed by atoms with Gasteiger partial charge in [-0.2, -0.15) is 0 Å². The summed E-state index contributed by atoms with van der Waals surface area (Å²) in [6.07, 6.45) is 7.78. The van der Waals surface area contributed by atoms with Crippen molar-refractivity contribution in [1.29, 1.82) is 0 Å². The topological polar surface area (TPSA) is 0 Å². The van der Waals surface area contributed by atoms with E-state index in [1.165, 1.54) is 27.2 Å². The van der Waals surface area contributed by atoms with Crippen LogP contribution in [0.2, 0.25) is 0 Å². The fraction of sp³-hybridized carbons (Fsp3) is 0.250. The van der Waals surface area contributed by atoms with Crippen molar-refractivity contribution in [3.8, 4) is 0 Å². The molecule has 0 amide bonds. The van der Waals surface area contributed by atoms with Crippen molar-refractivity contribution in [3.63, 3.8) is 0 Å². The molecule has 17 heavy (non-hydrogen) atoms. The van der Waals surface area contributed by atoms with Crippen molar-refractivity contribution in [2.75, 3.05) is 0 Å². The van der Waals surface area contributed by atoms with E-state index >= 15 is 0 Å². The van der Waals surface area contributed by atoms with Gasteiger partial charge in [0.05, 0.1) is 0 Å². The van der Waals surface area contributed by atoms with Gasteiger partial charge < -0.3 is 0 Å². The smallest absolute Gasteiger partial charge is 0.0235 e. The minimum Gasteiger partial charge on any atom is -0.125 e. The van der Waals surface area contributed by atoms with Gasteiger partial charge in [0, 0.05) is 11.7 Å². The molecule has 3 rings (SSSR count). The van der Waals surface area contributed by atoms with Gasteiger partial charge in [0.25, 0.3) is 0 Å². The van der Waals surface area contributed by atoms with Gasteiger partial charge in [0.15, 0.2) is 0 Å². The molecule has 0 fully saturated rings. The van der Waals surface area contributed by atoms with Crippen LogP contribution in [0.1, 0.15) is 23.1 Å². The molecule has 0 saturated carbocycles. The standard InChI is InChI=1S/C16H16S/c1-11-7-8-13-10-17-16-6-4-3-5-14(16)12(2)15(13)9-11/h3-4,6-9,14H,2,5,10H2,1H3. The summed E-state index contributed by atoms with van der Waals surface area (Å²) >= 11 is 1.97. The molecule has 86 valence electrons. The van der Waals surface area contributed by atoms with Crippen LogP contribution in [0.25, 0.3) is 5.57 Å². The highest BCUT2D eigenvalue weighted by Crippen LogP contribution is 2.44. The maximum Gasteiger partial charge on any atom is 0.0235 e. The summed E-state index contributed by atoms with van der Waals surface area (Å²) in [4.78, 5) is 1.48. The van der Waals surface area contributed by atoms with Gasteiger partial charge in [-0.1, -0.05) is 48.6 Å². The first-order valence-electron chi connectivity index (χ1n) is 6.04. The van der Waals surface area contributed by atoms with Crippen LogP contribution < -0.4 is 0 Å². The Morgan fingerprint density at radius 3 is 3.12 bits per heavy atom. The molecule has 0 bridgehead atoms. The summed E-state index contributed by atoms with van der Waals surface area (Å²) in [6, 6.07) is 6.75. The van der Waals surface area contributed by atoms with E-state index in [0.29, 0.717) is 5.92 Å². The lowest BCUT2D eigenvalue weighted by Gasteiger charge is -2.21. The zero-order chi connectivity index (χ0) is 11.8. The first-order chi connectivity index (χ1) is 8.25. The number of benzene rings is 1. The molecule has 0 spiro atoms. The van der Waals surface area contributed by atoms with Crippen LogP contribution in [0.4, 0.5) is 0 Å². The Labute approximate surface area is 107 Å². The normalized spacial score (nSPS) is 22.5. The Morgan fingerprint density at radius 2 is 2.24 bits per heavy atom. The van der Waals surface area contributed by atoms with Crippen molar-refractivity contribution >= 4 is 17.3 Å². The third-order valence-electron chi connectivity index (χ3n) is 3.54. The average Bonchev–Trinajstić information content (AvgIpc) is 2.49. The van der Waals surface area contributed by atoms with Crippen molar-refractivity contribution in [1.82, 2.24) is 0 Å². The first-order valence-corrected chi connectivity index (χ1v) is 7.02. The van der Waals surface area contributed by atoms with Crippen molar-refractivity contribution in [2.24, 2.45) is 5.92 Å². The third-order valence-corrected chi connectivity index (χ3v) is 4.75. The molecule has 0 N–H and O–H groups in total. The fourth-order valence-electron chi connectivity index (χ4n) is 2.54.